The number of likely N-dealkylation sites (tertiary alicyclic amines) is 1. The fourth-order valence-corrected chi connectivity index (χ4v) is 5.24. The third-order valence-corrected chi connectivity index (χ3v) is 6.34. The Morgan fingerprint density at radius 2 is 2.08 bits per heavy atom. The smallest absolute Gasteiger partial charge is 0.0892 e. The number of ether oxygens (including phenoxy) is 1. The molecule has 24 heavy (non-hydrogen) atoms. The predicted octanol–water partition coefficient (Wildman–Crippen LogP) is 3.06. The van der Waals surface area contributed by atoms with E-state index in [-0.39, 0.29) is 0 Å². The monoisotopic (exact) mass is 341 g/mol. The van der Waals surface area contributed by atoms with Crippen LogP contribution in [0, 0.1) is 6.92 Å². The maximum absolute atomic E-state index is 6.12. The van der Waals surface area contributed by atoms with Gasteiger partial charge in [0, 0.05) is 48.2 Å². The van der Waals surface area contributed by atoms with Crippen LogP contribution < -0.4 is 0 Å². The third-order valence-electron chi connectivity index (χ3n) is 4.77. The molecule has 0 aromatic carbocycles. The highest BCUT2D eigenvalue weighted by Gasteiger charge is 2.49. The molecule has 1 atom stereocenters. The lowest BCUT2D eigenvalue weighted by Gasteiger charge is -2.47. The molecule has 0 amide bonds. The van der Waals surface area contributed by atoms with Gasteiger partial charge in [-0.25, -0.2) is 0 Å². The molecule has 2 aromatic heterocycles. The van der Waals surface area contributed by atoms with E-state index in [4.69, 9.17) is 4.74 Å². The number of aryl methyl sites for hydroxylation is 1. The molecule has 0 aliphatic carbocycles. The molecule has 0 N–H and O–H groups in total. The molecule has 0 bridgehead atoms. The number of rotatable bonds is 5. The zero-order chi connectivity index (χ0) is 16.4. The Labute approximate surface area is 147 Å². The summed E-state index contributed by atoms with van der Waals surface area (Å²) in [5.74, 6) is 1.11. The molecule has 2 aliphatic rings. The highest BCUT2D eigenvalue weighted by molar-refractivity contribution is 8.01. The number of pyridine rings is 2. The lowest BCUT2D eigenvalue weighted by Crippen LogP contribution is -2.58. The van der Waals surface area contributed by atoms with Crippen molar-refractivity contribution in [2.45, 2.75) is 37.3 Å². The second-order valence-electron chi connectivity index (χ2n) is 6.90. The Morgan fingerprint density at radius 3 is 2.88 bits per heavy atom. The molecular formula is C19H23N3OS. The zero-order valence-electron chi connectivity index (χ0n) is 14.0. The molecule has 2 aromatic rings. The molecule has 0 radical (unpaired) electrons. The number of hydrogen-bond donors (Lipinski definition) is 0. The largest absolute Gasteiger partial charge is 0.371 e. The summed E-state index contributed by atoms with van der Waals surface area (Å²) in [6, 6.07) is 10.3. The van der Waals surface area contributed by atoms with E-state index in [0.717, 1.165) is 30.1 Å². The maximum Gasteiger partial charge on any atom is 0.0892 e. The van der Waals surface area contributed by atoms with Gasteiger partial charge in [-0.1, -0.05) is 6.07 Å². The molecule has 0 saturated carbocycles. The molecular weight excluding hydrogens is 318 g/mol. The van der Waals surface area contributed by atoms with Crippen molar-refractivity contribution in [3.05, 3.63) is 59.7 Å². The molecule has 4 nitrogen and oxygen atoms in total. The van der Waals surface area contributed by atoms with Crippen LogP contribution in [0.15, 0.2) is 42.7 Å². The predicted molar refractivity (Wildman–Crippen MR) is 96.9 cm³/mol. The van der Waals surface area contributed by atoms with Crippen LogP contribution in [-0.4, -0.2) is 44.6 Å². The quantitative estimate of drug-likeness (QED) is 0.836. The highest BCUT2D eigenvalue weighted by Crippen LogP contribution is 2.46. The number of aromatic nitrogens is 2. The first-order chi connectivity index (χ1) is 11.7. The normalized spacial score (nSPS) is 22.6. The summed E-state index contributed by atoms with van der Waals surface area (Å²) in [6.45, 7) is 6.02. The van der Waals surface area contributed by atoms with E-state index in [1.54, 1.807) is 0 Å². The Kier molecular flexibility index (Phi) is 4.57. The Hall–Kier alpha value is -1.43. The minimum absolute atomic E-state index is 0.361. The fourth-order valence-electron chi connectivity index (χ4n) is 3.64. The average molecular weight is 341 g/mol. The first-order valence-corrected chi connectivity index (χ1v) is 9.49. The van der Waals surface area contributed by atoms with E-state index in [1.807, 2.05) is 31.5 Å². The second kappa shape index (κ2) is 6.82. The number of hydrogen-bond acceptors (Lipinski definition) is 5. The van der Waals surface area contributed by atoms with Gasteiger partial charge in [-0.15, -0.1) is 11.8 Å². The van der Waals surface area contributed by atoms with Crippen LogP contribution in [0.2, 0.25) is 0 Å². The number of thioether (sulfide) groups is 1. The summed E-state index contributed by atoms with van der Waals surface area (Å²) < 4.78 is 6.53. The van der Waals surface area contributed by atoms with Gasteiger partial charge in [0.25, 0.3) is 0 Å². The average Bonchev–Trinajstić information content (AvgIpc) is 2.98. The van der Waals surface area contributed by atoms with Gasteiger partial charge in [0.05, 0.1) is 18.4 Å². The summed E-state index contributed by atoms with van der Waals surface area (Å²) in [5, 5.41) is 0. The van der Waals surface area contributed by atoms with Crippen LogP contribution in [0.4, 0.5) is 0 Å². The molecule has 2 saturated heterocycles. The van der Waals surface area contributed by atoms with Crippen LogP contribution in [0.1, 0.15) is 23.4 Å². The molecule has 2 fully saturated rings. The van der Waals surface area contributed by atoms with Gasteiger partial charge in [0.2, 0.25) is 0 Å². The Bertz CT molecular complexity index is 688. The lowest BCUT2D eigenvalue weighted by molar-refractivity contribution is 0.0250. The van der Waals surface area contributed by atoms with Crippen molar-refractivity contribution >= 4 is 11.8 Å². The van der Waals surface area contributed by atoms with Crippen LogP contribution in [0.25, 0.3) is 0 Å². The first kappa shape index (κ1) is 16.1. The Morgan fingerprint density at radius 1 is 1.25 bits per heavy atom. The van der Waals surface area contributed by atoms with Gasteiger partial charge >= 0.3 is 0 Å². The van der Waals surface area contributed by atoms with Crippen LogP contribution in [0.5, 0.6) is 0 Å². The molecule has 5 heteroatoms. The standard InChI is InChI=1S/C19H23N3OS/c1-15-3-2-4-17(21-15)11-23-18-9-19(24-12-18)13-22(14-19)10-16-5-7-20-8-6-16/h2-8,18H,9-14H2,1H3/t18-/m1/s1. The minimum Gasteiger partial charge on any atom is -0.371 e. The summed E-state index contributed by atoms with van der Waals surface area (Å²) in [7, 11) is 0. The summed E-state index contributed by atoms with van der Waals surface area (Å²) in [4.78, 5) is 11.1. The first-order valence-electron chi connectivity index (χ1n) is 8.50. The van der Waals surface area contributed by atoms with Gasteiger partial charge < -0.3 is 4.74 Å². The van der Waals surface area contributed by atoms with Crippen molar-refractivity contribution in [1.29, 1.82) is 0 Å². The summed E-state index contributed by atoms with van der Waals surface area (Å²) in [5.41, 5.74) is 3.44. The zero-order valence-corrected chi connectivity index (χ0v) is 14.8. The molecule has 126 valence electrons. The van der Waals surface area contributed by atoms with E-state index in [0.29, 0.717) is 17.5 Å². The van der Waals surface area contributed by atoms with Gasteiger partial charge in [-0.05, 0) is 43.2 Å². The topological polar surface area (TPSA) is 38.2 Å². The minimum atomic E-state index is 0.361. The summed E-state index contributed by atoms with van der Waals surface area (Å²) in [6.07, 6.45) is 5.27. The van der Waals surface area contributed by atoms with Crippen LogP contribution >= 0.6 is 11.8 Å². The maximum atomic E-state index is 6.12. The van der Waals surface area contributed by atoms with Gasteiger partial charge in [0.1, 0.15) is 0 Å². The van der Waals surface area contributed by atoms with Crippen molar-refractivity contribution < 1.29 is 4.74 Å². The van der Waals surface area contributed by atoms with Crippen molar-refractivity contribution in [2.75, 3.05) is 18.8 Å². The summed E-state index contributed by atoms with van der Waals surface area (Å²) >= 11 is 2.09. The highest BCUT2D eigenvalue weighted by atomic mass is 32.2. The molecule has 4 rings (SSSR count). The van der Waals surface area contributed by atoms with E-state index >= 15 is 0 Å². The van der Waals surface area contributed by atoms with Gasteiger partial charge in [0.15, 0.2) is 0 Å². The molecule has 2 aliphatic heterocycles. The van der Waals surface area contributed by atoms with E-state index in [9.17, 15) is 0 Å². The van der Waals surface area contributed by atoms with Crippen LogP contribution in [-0.2, 0) is 17.9 Å². The van der Waals surface area contributed by atoms with E-state index in [2.05, 4.69) is 44.8 Å². The van der Waals surface area contributed by atoms with Crippen molar-refractivity contribution in [1.82, 2.24) is 14.9 Å². The van der Waals surface area contributed by atoms with Gasteiger partial charge in [-0.3, -0.25) is 14.9 Å². The van der Waals surface area contributed by atoms with Crippen molar-refractivity contribution in [3.63, 3.8) is 0 Å². The van der Waals surface area contributed by atoms with E-state index in [1.165, 1.54) is 18.7 Å². The SMILES string of the molecule is Cc1cccc(CO[C@H]2CSC3(C2)CN(Cc2ccncc2)C3)n1. The third kappa shape index (κ3) is 3.63. The van der Waals surface area contributed by atoms with E-state index < -0.39 is 0 Å². The van der Waals surface area contributed by atoms with Gasteiger partial charge in [-0.2, -0.15) is 0 Å². The lowest BCUT2D eigenvalue weighted by atomic mass is 9.92. The molecule has 0 unspecified atom stereocenters. The Balaban J connectivity index is 1.24. The second-order valence-corrected chi connectivity index (χ2v) is 8.39. The molecule has 4 heterocycles. The van der Waals surface area contributed by atoms with Crippen molar-refractivity contribution in [3.8, 4) is 0 Å². The number of nitrogens with zero attached hydrogens (tertiary/aromatic N) is 3. The van der Waals surface area contributed by atoms with Crippen LogP contribution in [0.3, 0.4) is 0 Å². The fraction of sp³-hybridized carbons (Fsp3) is 0.474. The van der Waals surface area contributed by atoms with Crippen molar-refractivity contribution in [2.24, 2.45) is 0 Å². The molecule has 1 spiro atoms.